The van der Waals surface area contributed by atoms with Crippen molar-refractivity contribution >= 4 is 17.7 Å². The second-order valence-electron chi connectivity index (χ2n) is 7.72. The fraction of sp³-hybridized carbons (Fsp3) is 0.391. The molecular formula is C23H30N2O5. The normalized spacial score (nSPS) is 10.8. The van der Waals surface area contributed by atoms with Gasteiger partial charge in [-0.2, -0.15) is 0 Å². The van der Waals surface area contributed by atoms with Crippen LogP contribution in [0.15, 0.2) is 42.5 Å². The van der Waals surface area contributed by atoms with Gasteiger partial charge >= 0.3 is 6.09 Å². The lowest BCUT2D eigenvalue weighted by molar-refractivity contribution is -0.116. The lowest BCUT2D eigenvalue weighted by Gasteiger charge is -2.19. The highest BCUT2D eigenvalue weighted by molar-refractivity contribution is 5.92. The van der Waals surface area contributed by atoms with Gasteiger partial charge in [-0.05, 0) is 63.1 Å². The zero-order chi connectivity index (χ0) is 22.1. The van der Waals surface area contributed by atoms with E-state index >= 15 is 0 Å². The van der Waals surface area contributed by atoms with Gasteiger partial charge in [0.25, 0.3) is 0 Å². The lowest BCUT2D eigenvalue weighted by atomic mass is 10.0. The predicted molar refractivity (Wildman–Crippen MR) is 117 cm³/mol. The largest absolute Gasteiger partial charge is 0.497 e. The highest BCUT2D eigenvalue weighted by atomic mass is 16.6. The molecule has 0 saturated heterocycles. The fourth-order valence-corrected chi connectivity index (χ4v) is 2.76. The zero-order valence-corrected chi connectivity index (χ0v) is 18.2. The Kier molecular flexibility index (Phi) is 8.09. The summed E-state index contributed by atoms with van der Waals surface area (Å²) in [6.45, 7) is 5.77. The van der Waals surface area contributed by atoms with E-state index in [0.717, 1.165) is 16.9 Å². The van der Waals surface area contributed by atoms with Gasteiger partial charge < -0.3 is 24.8 Å². The molecule has 2 amide bonds. The summed E-state index contributed by atoms with van der Waals surface area (Å²) in [5.74, 6) is 1.34. The quantitative estimate of drug-likeness (QED) is 0.616. The van der Waals surface area contributed by atoms with Crippen LogP contribution in [0.3, 0.4) is 0 Å². The predicted octanol–water partition coefficient (Wildman–Crippen LogP) is 4.61. The maximum atomic E-state index is 12.3. The molecule has 0 aliphatic heterocycles. The van der Waals surface area contributed by atoms with Crippen molar-refractivity contribution in [2.75, 3.05) is 26.1 Å². The Labute approximate surface area is 177 Å². The number of benzene rings is 2. The molecule has 30 heavy (non-hydrogen) atoms. The number of ether oxygens (including phenoxy) is 3. The summed E-state index contributed by atoms with van der Waals surface area (Å²) < 4.78 is 15.8. The van der Waals surface area contributed by atoms with Crippen molar-refractivity contribution in [2.24, 2.45) is 0 Å². The first-order valence-corrected chi connectivity index (χ1v) is 9.81. The van der Waals surface area contributed by atoms with Gasteiger partial charge in [0.15, 0.2) is 0 Å². The number of hydrogen-bond acceptors (Lipinski definition) is 5. The molecule has 0 spiro atoms. The van der Waals surface area contributed by atoms with Crippen molar-refractivity contribution in [3.8, 4) is 22.6 Å². The highest BCUT2D eigenvalue weighted by Gasteiger charge is 2.15. The minimum Gasteiger partial charge on any atom is -0.497 e. The number of rotatable bonds is 8. The summed E-state index contributed by atoms with van der Waals surface area (Å²) in [6, 6.07) is 13.1. The van der Waals surface area contributed by atoms with E-state index in [1.165, 1.54) is 0 Å². The molecule has 7 heteroatoms. The van der Waals surface area contributed by atoms with E-state index in [0.29, 0.717) is 24.4 Å². The van der Waals surface area contributed by atoms with Crippen molar-refractivity contribution in [3.63, 3.8) is 0 Å². The van der Waals surface area contributed by atoms with E-state index in [9.17, 15) is 9.59 Å². The summed E-state index contributed by atoms with van der Waals surface area (Å²) in [5, 5.41) is 5.53. The molecule has 7 nitrogen and oxygen atoms in total. The van der Waals surface area contributed by atoms with Gasteiger partial charge in [0, 0.05) is 24.2 Å². The number of nitrogens with one attached hydrogen (secondary N) is 2. The second-order valence-corrected chi connectivity index (χ2v) is 7.72. The fourth-order valence-electron chi connectivity index (χ4n) is 2.76. The first-order chi connectivity index (χ1) is 14.2. The van der Waals surface area contributed by atoms with Crippen molar-refractivity contribution in [2.45, 2.75) is 39.2 Å². The van der Waals surface area contributed by atoms with Crippen LogP contribution in [0.25, 0.3) is 11.1 Å². The molecule has 0 aromatic heterocycles. The molecule has 2 aromatic rings. The van der Waals surface area contributed by atoms with Gasteiger partial charge in [0.2, 0.25) is 5.91 Å². The molecule has 0 radical (unpaired) electrons. The van der Waals surface area contributed by atoms with E-state index in [-0.39, 0.29) is 12.3 Å². The molecule has 0 fully saturated rings. The monoisotopic (exact) mass is 414 g/mol. The highest BCUT2D eigenvalue weighted by Crippen LogP contribution is 2.33. The van der Waals surface area contributed by atoms with Gasteiger partial charge in [-0.3, -0.25) is 4.79 Å². The van der Waals surface area contributed by atoms with Crippen molar-refractivity contribution in [3.05, 3.63) is 42.5 Å². The minimum atomic E-state index is -0.544. The van der Waals surface area contributed by atoms with Gasteiger partial charge in [0.05, 0.1) is 14.2 Å². The number of carbonyl (C=O) groups is 2. The van der Waals surface area contributed by atoms with E-state index in [1.807, 2.05) is 36.4 Å². The molecule has 162 valence electrons. The van der Waals surface area contributed by atoms with Crippen molar-refractivity contribution in [1.29, 1.82) is 0 Å². The van der Waals surface area contributed by atoms with Crippen LogP contribution in [-0.2, 0) is 9.53 Å². The second kappa shape index (κ2) is 10.5. The van der Waals surface area contributed by atoms with Crippen molar-refractivity contribution in [1.82, 2.24) is 5.32 Å². The van der Waals surface area contributed by atoms with Gasteiger partial charge in [-0.25, -0.2) is 4.79 Å². The molecule has 0 heterocycles. The summed E-state index contributed by atoms with van der Waals surface area (Å²) >= 11 is 0. The number of methoxy groups -OCH3 is 2. The lowest BCUT2D eigenvalue weighted by Crippen LogP contribution is -2.33. The maximum Gasteiger partial charge on any atom is 0.407 e. The minimum absolute atomic E-state index is 0.133. The Bertz CT molecular complexity index is 857. The number of carbonyl (C=O) groups excluding carboxylic acids is 2. The first kappa shape index (κ1) is 23.1. The summed E-state index contributed by atoms with van der Waals surface area (Å²) in [7, 11) is 3.23. The third-order valence-corrected chi connectivity index (χ3v) is 4.13. The van der Waals surface area contributed by atoms with Gasteiger partial charge in [-0.1, -0.05) is 12.1 Å². The van der Waals surface area contributed by atoms with Crippen LogP contribution >= 0.6 is 0 Å². The molecule has 0 saturated carbocycles. The molecule has 2 aromatic carbocycles. The van der Waals surface area contributed by atoms with E-state index in [4.69, 9.17) is 14.2 Å². The zero-order valence-electron chi connectivity index (χ0n) is 18.2. The molecule has 2 N–H and O–H groups in total. The Morgan fingerprint density at radius 3 is 2.27 bits per heavy atom. The van der Waals surface area contributed by atoms with Crippen LogP contribution in [0, 0.1) is 0 Å². The van der Waals surface area contributed by atoms with Gasteiger partial charge in [0.1, 0.15) is 17.1 Å². The maximum absolute atomic E-state index is 12.3. The Balaban J connectivity index is 1.93. The van der Waals surface area contributed by atoms with Crippen LogP contribution < -0.4 is 20.1 Å². The Morgan fingerprint density at radius 2 is 1.67 bits per heavy atom. The van der Waals surface area contributed by atoms with Crippen LogP contribution in [-0.4, -0.2) is 38.4 Å². The molecule has 0 aliphatic rings. The first-order valence-electron chi connectivity index (χ1n) is 9.81. The molecular weight excluding hydrogens is 384 g/mol. The molecule has 2 rings (SSSR count). The smallest absolute Gasteiger partial charge is 0.407 e. The van der Waals surface area contributed by atoms with Crippen molar-refractivity contribution < 1.29 is 23.8 Å². The number of alkyl carbamates (subject to hydrolysis) is 1. The van der Waals surface area contributed by atoms with E-state index in [1.54, 1.807) is 41.1 Å². The molecule has 0 aliphatic carbocycles. The number of amides is 2. The number of hydrogen-bond donors (Lipinski definition) is 2. The van der Waals surface area contributed by atoms with Crippen LogP contribution in [0.5, 0.6) is 11.5 Å². The molecule has 0 atom stereocenters. The van der Waals surface area contributed by atoms with E-state index in [2.05, 4.69) is 10.6 Å². The third kappa shape index (κ3) is 7.31. The van der Waals surface area contributed by atoms with E-state index < -0.39 is 11.7 Å². The molecule has 0 bridgehead atoms. The standard InChI is InChI=1S/C23H30N2O5/c1-23(2,3)30-22(27)24-14-6-7-21(26)25-17-10-13-20(29-5)19(15-17)16-8-11-18(28-4)12-9-16/h8-13,15H,6-7,14H2,1-5H3,(H,24,27)(H,25,26). The Morgan fingerprint density at radius 1 is 0.967 bits per heavy atom. The van der Waals surface area contributed by atoms with Crippen LogP contribution in [0.4, 0.5) is 10.5 Å². The number of anilines is 1. The SMILES string of the molecule is COc1ccc(-c2cc(NC(=O)CCCNC(=O)OC(C)(C)C)ccc2OC)cc1. The Hall–Kier alpha value is -3.22. The summed E-state index contributed by atoms with van der Waals surface area (Å²) in [6.07, 6.45) is 0.300. The van der Waals surface area contributed by atoms with Crippen LogP contribution in [0.1, 0.15) is 33.6 Å². The average Bonchev–Trinajstić information content (AvgIpc) is 2.70. The molecule has 0 unspecified atom stereocenters. The topological polar surface area (TPSA) is 85.9 Å². The third-order valence-electron chi connectivity index (χ3n) is 4.13. The van der Waals surface area contributed by atoms with Crippen LogP contribution in [0.2, 0.25) is 0 Å². The average molecular weight is 415 g/mol. The summed E-state index contributed by atoms with van der Waals surface area (Å²) in [4.78, 5) is 23.9. The summed E-state index contributed by atoms with van der Waals surface area (Å²) in [5.41, 5.74) is 1.94. The van der Waals surface area contributed by atoms with Gasteiger partial charge in [-0.15, -0.1) is 0 Å².